The van der Waals surface area contributed by atoms with Crippen molar-refractivity contribution < 1.29 is 5.11 Å². The summed E-state index contributed by atoms with van der Waals surface area (Å²) in [5, 5.41) is 11.4. The van der Waals surface area contributed by atoms with E-state index in [1.54, 1.807) is 0 Å². The van der Waals surface area contributed by atoms with Gasteiger partial charge < -0.3 is 9.67 Å². The first-order valence-corrected chi connectivity index (χ1v) is 8.21. The van der Waals surface area contributed by atoms with Crippen LogP contribution >= 0.6 is 0 Å². The molecule has 0 saturated carbocycles. The first kappa shape index (κ1) is 14.3. The third kappa shape index (κ3) is 2.60. The van der Waals surface area contributed by atoms with Gasteiger partial charge in [0, 0.05) is 30.1 Å². The summed E-state index contributed by atoms with van der Waals surface area (Å²) >= 11 is 0. The van der Waals surface area contributed by atoms with Crippen molar-refractivity contribution in [2.24, 2.45) is 7.05 Å². The summed E-state index contributed by atoms with van der Waals surface area (Å²) in [6.45, 7) is 0. The number of aliphatic hydroxyl groups is 1. The van der Waals surface area contributed by atoms with Crippen LogP contribution in [0.3, 0.4) is 0 Å². The lowest BCUT2D eigenvalue weighted by Crippen LogP contribution is -2.08. The summed E-state index contributed by atoms with van der Waals surface area (Å²) in [5.41, 5.74) is 6.39. The summed E-state index contributed by atoms with van der Waals surface area (Å²) < 4.78 is 2.24. The van der Waals surface area contributed by atoms with Crippen LogP contribution in [0.15, 0.2) is 54.6 Å². The minimum absolute atomic E-state index is 0.282. The molecular formula is C21H21NO. The van der Waals surface area contributed by atoms with Gasteiger partial charge >= 0.3 is 0 Å². The second kappa shape index (κ2) is 5.71. The zero-order chi connectivity index (χ0) is 15.8. The van der Waals surface area contributed by atoms with Gasteiger partial charge in [0.2, 0.25) is 0 Å². The van der Waals surface area contributed by atoms with Crippen molar-refractivity contribution in [3.8, 4) is 0 Å². The number of nitrogens with zero attached hydrogens (tertiary/aromatic N) is 1. The topological polar surface area (TPSA) is 25.2 Å². The predicted molar refractivity (Wildman–Crippen MR) is 95.5 cm³/mol. The highest BCUT2D eigenvalue weighted by atomic mass is 16.3. The van der Waals surface area contributed by atoms with E-state index in [2.05, 4.69) is 72.3 Å². The maximum atomic E-state index is 10.1. The lowest BCUT2D eigenvalue weighted by Gasteiger charge is -2.07. The van der Waals surface area contributed by atoms with Gasteiger partial charge in [0.05, 0.1) is 6.10 Å². The number of aromatic nitrogens is 1. The van der Waals surface area contributed by atoms with Crippen LogP contribution in [-0.4, -0.2) is 15.8 Å². The molecule has 23 heavy (non-hydrogen) atoms. The first-order valence-electron chi connectivity index (χ1n) is 8.21. The zero-order valence-electron chi connectivity index (χ0n) is 13.4. The van der Waals surface area contributed by atoms with Crippen molar-refractivity contribution in [2.45, 2.75) is 25.4 Å². The van der Waals surface area contributed by atoms with Crippen molar-refractivity contribution in [3.05, 3.63) is 77.0 Å². The normalized spacial score (nSPS) is 17.2. The maximum Gasteiger partial charge on any atom is 0.0616 e. The molecule has 3 aromatic rings. The van der Waals surface area contributed by atoms with Gasteiger partial charge in [-0.25, -0.2) is 0 Å². The Morgan fingerprint density at radius 1 is 1.09 bits per heavy atom. The Morgan fingerprint density at radius 3 is 2.74 bits per heavy atom. The molecule has 0 radical (unpaired) electrons. The highest BCUT2D eigenvalue weighted by molar-refractivity contribution is 5.89. The van der Waals surface area contributed by atoms with E-state index in [9.17, 15) is 5.11 Å². The number of hydrogen-bond acceptors (Lipinski definition) is 1. The molecule has 2 heteroatoms. The fraction of sp³-hybridized carbons (Fsp3) is 0.238. The number of aryl methyl sites for hydroxylation is 1. The largest absolute Gasteiger partial charge is 0.392 e. The fourth-order valence-corrected chi connectivity index (χ4v) is 3.61. The Bertz CT molecular complexity index is 874. The van der Waals surface area contributed by atoms with E-state index in [0.29, 0.717) is 0 Å². The highest BCUT2D eigenvalue weighted by Gasteiger charge is 2.18. The van der Waals surface area contributed by atoms with Gasteiger partial charge in [-0.15, -0.1) is 0 Å². The van der Waals surface area contributed by atoms with E-state index in [-0.39, 0.29) is 6.10 Å². The summed E-state index contributed by atoms with van der Waals surface area (Å²) in [6.07, 6.45) is 6.37. The summed E-state index contributed by atoms with van der Waals surface area (Å²) in [6, 6.07) is 17.3. The maximum absolute atomic E-state index is 10.1. The van der Waals surface area contributed by atoms with Gasteiger partial charge in [-0.1, -0.05) is 42.5 Å². The lowest BCUT2D eigenvalue weighted by molar-refractivity contribution is 0.179. The fourth-order valence-electron chi connectivity index (χ4n) is 3.61. The summed E-state index contributed by atoms with van der Waals surface area (Å²) in [4.78, 5) is 0. The number of aliphatic hydroxyl groups excluding tert-OH is 1. The molecule has 2 aromatic carbocycles. The van der Waals surface area contributed by atoms with Crippen LogP contribution in [0.2, 0.25) is 0 Å². The van der Waals surface area contributed by atoms with Gasteiger partial charge in [-0.3, -0.25) is 0 Å². The van der Waals surface area contributed by atoms with Gasteiger partial charge in [0.25, 0.3) is 0 Å². The molecule has 1 atom stereocenters. The number of hydrogen-bond donors (Lipinski definition) is 1. The molecule has 0 bridgehead atoms. The molecule has 0 fully saturated rings. The Morgan fingerprint density at radius 2 is 1.91 bits per heavy atom. The van der Waals surface area contributed by atoms with Crippen LogP contribution in [0.5, 0.6) is 0 Å². The van der Waals surface area contributed by atoms with E-state index in [0.717, 1.165) is 19.3 Å². The van der Waals surface area contributed by atoms with Crippen molar-refractivity contribution in [3.63, 3.8) is 0 Å². The van der Waals surface area contributed by atoms with Crippen LogP contribution in [0.25, 0.3) is 17.0 Å². The molecule has 2 nitrogen and oxygen atoms in total. The predicted octanol–water partition coefficient (Wildman–Crippen LogP) is 4.09. The summed E-state index contributed by atoms with van der Waals surface area (Å²) in [7, 11) is 2.11. The Labute approximate surface area is 136 Å². The number of rotatable bonds is 2. The highest BCUT2D eigenvalue weighted by Crippen LogP contribution is 2.31. The monoisotopic (exact) mass is 303 g/mol. The second-order valence-corrected chi connectivity index (χ2v) is 6.43. The quantitative estimate of drug-likeness (QED) is 0.758. The average molecular weight is 303 g/mol. The first-order chi connectivity index (χ1) is 11.2. The van der Waals surface area contributed by atoms with E-state index in [4.69, 9.17) is 0 Å². The standard InChI is InChI=1S/C21H21NO/c1-22-20-9-5-8-17(23)14-19(20)18-13-16(10-11-21(18)22)12-15-6-3-2-4-7-15/h2-7,9-11,13,17,23H,8,12,14H2,1H3. The molecule has 0 amide bonds. The van der Waals surface area contributed by atoms with Crippen molar-refractivity contribution >= 4 is 17.0 Å². The van der Waals surface area contributed by atoms with Crippen LogP contribution in [0, 0.1) is 0 Å². The number of benzene rings is 2. The Balaban J connectivity index is 1.81. The molecular weight excluding hydrogens is 282 g/mol. The van der Waals surface area contributed by atoms with Crippen LogP contribution in [-0.2, 0) is 19.9 Å². The van der Waals surface area contributed by atoms with Crippen molar-refractivity contribution in [2.75, 3.05) is 0 Å². The molecule has 0 aliphatic heterocycles. The van der Waals surface area contributed by atoms with Gasteiger partial charge in [0.15, 0.2) is 0 Å². The Hall–Kier alpha value is -2.32. The van der Waals surface area contributed by atoms with E-state index in [1.165, 1.54) is 33.3 Å². The average Bonchev–Trinajstić information content (AvgIpc) is 2.71. The van der Waals surface area contributed by atoms with E-state index >= 15 is 0 Å². The van der Waals surface area contributed by atoms with Gasteiger partial charge in [-0.2, -0.15) is 0 Å². The van der Waals surface area contributed by atoms with Crippen molar-refractivity contribution in [1.82, 2.24) is 4.57 Å². The molecule has 1 heterocycles. The molecule has 4 rings (SSSR count). The van der Waals surface area contributed by atoms with Crippen LogP contribution < -0.4 is 0 Å². The zero-order valence-corrected chi connectivity index (χ0v) is 13.4. The minimum atomic E-state index is -0.282. The third-order valence-electron chi connectivity index (χ3n) is 4.79. The van der Waals surface area contributed by atoms with Crippen LogP contribution in [0.1, 0.15) is 28.8 Å². The van der Waals surface area contributed by atoms with Gasteiger partial charge in [0.1, 0.15) is 0 Å². The second-order valence-electron chi connectivity index (χ2n) is 6.43. The molecule has 1 aliphatic rings. The smallest absolute Gasteiger partial charge is 0.0616 e. The van der Waals surface area contributed by atoms with Gasteiger partial charge in [-0.05, 0) is 47.7 Å². The summed E-state index contributed by atoms with van der Waals surface area (Å²) in [5.74, 6) is 0. The molecule has 116 valence electrons. The number of fused-ring (bicyclic) bond motifs is 3. The Kier molecular flexibility index (Phi) is 3.55. The molecule has 1 N–H and O–H groups in total. The molecule has 0 spiro atoms. The van der Waals surface area contributed by atoms with Crippen LogP contribution in [0.4, 0.5) is 0 Å². The van der Waals surface area contributed by atoms with E-state index < -0.39 is 0 Å². The SMILES string of the molecule is Cn1c2c(c3cc(Cc4ccccc4)ccc31)CC(O)CC=C2. The third-order valence-corrected chi connectivity index (χ3v) is 4.79. The van der Waals surface area contributed by atoms with E-state index in [1.807, 2.05) is 0 Å². The molecule has 1 aliphatic carbocycles. The lowest BCUT2D eigenvalue weighted by atomic mass is 10.00. The minimum Gasteiger partial charge on any atom is -0.392 e. The molecule has 1 aromatic heterocycles. The molecule has 1 unspecified atom stereocenters. The molecule has 0 saturated heterocycles. The van der Waals surface area contributed by atoms with Crippen molar-refractivity contribution in [1.29, 1.82) is 0 Å².